The van der Waals surface area contributed by atoms with Crippen molar-refractivity contribution in [3.63, 3.8) is 0 Å². The molecule has 1 heterocycles. The molecule has 0 radical (unpaired) electrons. The summed E-state index contributed by atoms with van der Waals surface area (Å²) >= 11 is 1.45. The molecule has 102 valence electrons. The number of hydrogen-bond acceptors (Lipinski definition) is 4. The lowest BCUT2D eigenvalue weighted by Gasteiger charge is -2.35. The SMILES string of the molecule is CSC(=N)c1ccc(N2CCN(C(C)=O)CC2)cc1. The van der Waals surface area contributed by atoms with Crippen LogP contribution < -0.4 is 4.90 Å². The van der Waals surface area contributed by atoms with Gasteiger partial charge in [-0.05, 0) is 18.4 Å². The van der Waals surface area contributed by atoms with Crippen molar-refractivity contribution < 1.29 is 4.79 Å². The molecule has 19 heavy (non-hydrogen) atoms. The maximum Gasteiger partial charge on any atom is 0.219 e. The molecule has 0 saturated carbocycles. The molecule has 0 spiro atoms. The van der Waals surface area contributed by atoms with Crippen molar-refractivity contribution in [3.8, 4) is 0 Å². The van der Waals surface area contributed by atoms with E-state index >= 15 is 0 Å². The Bertz CT molecular complexity index is 464. The van der Waals surface area contributed by atoms with E-state index in [9.17, 15) is 4.79 Å². The molecule has 1 saturated heterocycles. The van der Waals surface area contributed by atoms with Crippen LogP contribution >= 0.6 is 11.8 Å². The average Bonchev–Trinajstić information content (AvgIpc) is 2.46. The second-order valence-electron chi connectivity index (χ2n) is 4.57. The second-order valence-corrected chi connectivity index (χ2v) is 5.39. The van der Waals surface area contributed by atoms with Gasteiger partial charge in [-0.2, -0.15) is 0 Å². The van der Waals surface area contributed by atoms with Gasteiger partial charge in [0.05, 0.1) is 5.04 Å². The number of nitrogens with zero attached hydrogens (tertiary/aromatic N) is 2. The highest BCUT2D eigenvalue weighted by Crippen LogP contribution is 2.19. The summed E-state index contributed by atoms with van der Waals surface area (Å²) in [4.78, 5) is 15.4. The normalized spacial score (nSPS) is 15.5. The summed E-state index contributed by atoms with van der Waals surface area (Å²) in [6, 6.07) is 8.10. The number of thioether (sulfide) groups is 1. The predicted molar refractivity (Wildman–Crippen MR) is 81.3 cm³/mol. The van der Waals surface area contributed by atoms with Crippen LogP contribution in [0.25, 0.3) is 0 Å². The molecule has 2 rings (SSSR count). The number of anilines is 1. The molecule has 1 aliphatic heterocycles. The van der Waals surface area contributed by atoms with Gasteiger partial charge in [-0.15, -0.1) is 11.8 Å². The quantitative estimate of drug-likeness (QED) is 0.665. The van der Waals surface area contributed by atoms with Gasteiger partial charge >= 0.3 is 0 Å². The summed E-state index contributed by atoms with van der Waals surface area (Å²) in [6.45, 7) is 4.95. The zero-order valence-electron chi connectivity index (χ0n) is 11.3. The Morgan fingerprint density at radius 2 is 1.74 bits per heavy atom. The van der Waals surface area contributed by atoms with Gasteiger partial charge in [-0.25, -0.2) is 0 Å². The van der Waals surface area contributed by atoms with E-state index in [4.69, 9.17) is 5.41 Å². The van der Waals surface area contributed by atoms with Gasteiger partial charge < -0.3 is 9.80 Å². The Kier molecular flexibility index (Phi) is 4.47. The highest BCUT2D eigenvalue weighted by molar-refractivity contribution is 8.13. The smallest absolute Gasteiger partial charge is 0.219 e. The predicted octanol–water partition coefficient (Wildman–Crippen LogP) is 2.04. The Labute approximate surface area is 118 Å². The number of rotatable bonds is 2. The van der Waals surface area contributed by atoms with Crippen LogP contribution in [-0.2, 0) is 4.79 Å². The van der Waals surface area contributed by atoms with Crippen molar-refractivity contribution in [1.82, 2.24) is 4.90 Å². The van der Waals surface area contributed by atoms with Gasteiger partial charge in [0.15, 0.2) is 0 Å². The molecule has 1 aromatic carbocycles. The molecular formula is C14H19N3OS. The largest absolute Gasteiger partial charge is 0.368 e. The van der Waals surface area contributed by atoms with Crippen molar-refractivity contribution in [2.45, 2.75) is 6.92 Å². The van der Waals surface area contributed by atoms with Gasteiger partial charge in [0.25, 0.3) is 0 Å². The number of piperazine rings is 1. The summed E-state index contributed by atoms with van der Waals surface area (Å²) < 4.78 is 0. The molecule has 0 aromatic heterocycles. The zero-order valence-corrected chi connectivity index (χ0v) is 12.2. The van der Waals surface area contributed by atoms with Gasteiger partial charge in [0.2, 0.25) is 5.91 Å². The number of hydrogen-bond donors (Lipinski definition) is 1. The molecular weight excluding hydrogens is 258 g/mol. The fraction of sp³-hybridized carbons (Fsp3) is 0.429. The van der Waals surface area contributed by atoms with Crippen LogP contribution in [0.5, 0.6) is 0 Å². The van der Waals surface area contributed by atoms with E-state index < -0.39 is 0 Å². The standard InChI is InChI=1S/C14H19N3OS/c1-11(18)16-7-9-17(10-8-16)13-5-3-12(4-6-13)14(15)19-2/h3-6,15H,7-10H2,1-2H3. The van der Waals surface area contributed by atoms with Crippen molar-refractivity contribution in [2.24, 2.45) is 0 Å². The Morgan fingerprint density at radius 1 is 1.16 bits per heavy atom. The second kappa shape index (κ2) is 6.10. The van der Waals surface area contributed by atoms with Crippen LogP contribution in [0, 0.1) is 5.41 Å². The molecule has 1 aliphatic rings. The van der Waals surface area contributed by atoms with E-state index in [2.05, 4.69) is 17.0 Å². The van der Waals surface area contributed by atoms with Crippen LogP contribution in [-0.4, -0.2) is 48.3 Å². The average molecular weight is 277 g/mol. The Morgan fingerprint density at radius 3 is 2.21 bits per heavy atom. The third-order valence-corrected chi connectivity index (χ3v) is 4.07. The lowest BCUT2D eigenvalue weighted by atomic mass is 10.2. The highest BCUT2D eigenvalue weighted by atomic mass is 32.2. The van der Waals surface area contributed by atoms with Crippen LogP contribution in [0.1, 0.15) is 12.5 Å². The first kappa shape index (κ1) is 13.9. The third-order valence-electron chi connectivity index (χ3n) is 3.42. The molecule has 0 bridgehead atoms. The molecule has 1 amide bonds. The van der Waals surface area contributed by atoms with Crippen LogP contribution in [0.15, 0.2) is 24.3 Å². The van der Waals surface area contributed by atoms with Crippen LogP contribution in [0.3, 0.4) is 0 Å². The topological polar surface area (TPSA) is 47.4 Å². The number of carbonyl (C=O) groups is 1. The summed E-state index contributed by atoms with van der Waals surface area (Å²) in [5.41, 5.74) is 2.12. The lowest BCUT2D eigenvalue weighted by molar-refractivity contribution is -0.129. The molecule has 0 atom stereocenters. The molecule has 4 nitrogen and oxygen atoms in total. The molecule has 0 aliphatic carbocycles. The van der Waals surface area contributed by atoms with E-state index in [0.29, 0.717) is 5.04 Å². The first-order chi connectivity index (χ1) is 9.11. The van der Waals surface area contributed by atoms with E-state index in [-0.39, 0.29) is 5.91 Å². The third kappa shape index (κ3) is 3.29. The Balaban J connectivity index is 2.00. The summed E-state index contributed by atoms with van der Waals surface area (Å²) in [5.74, 6) is 0.156. The van der Waals surface area contributed by atoms with E-state index in [1.165, 1.54) is 17.4 Å². The number of amides is 1. The Hall–Kier alpha value is -1.49. The molecule has 1 fully saturated rings. The maximum atomic E-state index is 11.3. The van der Waals surface area contributed by atoms with Crippen molar-refractivity contribution >= 4 is 28.4 Å². The van der Waals surface area contributed by atoms with Gasteiger partial charge in [-0.3, -0.25) is 10.2 Å². The van der Waals surface area contributed by atoms with E-state index in [1.54, 1.807) is 6.92 Å². The minimum Gasteiger partial charge on any atom is -0.368 e. The van der Waals surface area contributed by atoms with Gasteiger partial charge in [0.1, 0.15) is 0 Å². The van der Waals surface area contributed by atoms with Crippen LogP contribution in [0.4, 0.5) is 5.69 Å². The first-order valence-corrected chi connectivity index (χ1v) is 7.57. The summed E-state index contributed by atoms with van der Waals surface area (Å²) in [5, 5.41) is 8.36. The molecule has 5 heteroatoms. The van der Waals surface area contributed by atoms with E-state index in [1.807, 2.05) is 23.3 Å². The summed E-state index contributed by atoms with van der Waals surface area (Å²) in [7, 11) is 0. The zero-order chi connectivity index (χ0) is 13.8. The fourth-order valence-electron chi connectivity index (χ4n) is 2.22. The number of carbonyl (C=O) groups excluding carboxylic acids is 1. The maximum absolute atomic E-state index is 11.3. The van der Waals surface area contributed by atoms with E-state index in [0.717, 1.165) is 31.7 Å². The summed E-state index contributed by atoms with van der Waals surface area (Å²) in [6.07, 6.45) is 1.91. The monoisotopic (exact) mass is 277 g/mol. The van der Waals surface area contributed by atoms with Crippen molar-refractivity contribution in [1.29, 1.82) is 5.41 Å². The van der Waals surface area contributed by atoms with Crippen molar-refractivity contribution in [3.05, 3.63) is 29.8 Å². The lowest BCUT2D eigenvalue weighted by Crippen LogP contribution is -2.48. The number of benzene rings is 1. The van der Waals surface area contributed by atoms with Gasteiger partial charge in [-0.1, -0.05) is 12.1 Å². The number of nitrogens with one attached hydrogen (secondary N) is 1. The highest BCUT2D eigenvalue weighted by Gasteiger charge is 2.18. The van der Waals surface area contributed by atoms with Gasteiger partial charge in [0, 0.05) is 44.4 Å². The molecule has 1 aromatic rings. The fourth-order valence-corrected chi connectivity index (χ4v) is 2.59. The van der Waals surface area contributed by atoms with Crippen LogP contribution in [0.2, 0.25) is 0 Å². The minimum atomic E-state index is 0.156. The first-order valence-electron chi connectivity index (χ1n) is 6.35. The molecule has 1 N–H and O–H groups in total. The van der Waals surface area contributed by atoms with Crippen molar-refractivity contribution in [2.75, 3.05) is 37.3 Å². The molecule has 0 unspecified atom stereocenters. The minimum absolute atomic E-state index is 0.156.